The van der Waals surface area contributed by atoms with E-state index in [1.54, 1.807) is 13.8 Å². The third-order valence-corrected chi connectivity index (χ3v) is 5.55. The van der Waals surface area contributed by atoms with E-state index in [0.29, 0.717) is 12.2 Å². The number of nitrogens with one attached hydrogen (secondary N) is 3. The lowest BCUT2D eigenvalue weighted by molar-refractivity contribution is -0.142. The Kier molecular flexibility index (Phi) is 13.4. The molecule has 11 nitrogen and oxygen atoms in total. The third kappa shape index (κ3) is 9.85. The molecule has 0 aliphatic rings. The number of amides is 3. The molecule has 0 heterocycles. The zero-order chi connectivity index (χ0) is 24.3. The molecule has 0 aliphatic carbocycles. The van der Waals surface area contributed by atoms with Gasteiger partial charge in [0.15, 0.2) is 0 Å². The summed E-state index contributed by atoms with van der Waals surface area (Å²) in [7, 11) is 0. The Morgan fingerprint density at radius 2 is 1.42 bits per heavy atom. The van der Waals surface area contributed by atoms with Crippen molar-refractivity contribution in [3.63, 3.8) is 0 Å². The van der Waals surface area contributed by atoms with Crippen LogP contribution in [0.25, 0.3) is 0 Å². The summed E-state index contributed by atoms with van der Waals surface area (Å²) in [6.45, 7) is 6.09. The summed E-state index contributed by atoms with van der Waals surface area (Å²) in [6, 6.07) is -4.93. The molecule has 0 aromatic carbocycles. The summed E-state index contributed by atoms with van der Waals surface area (Å²) in [6.07, 6.45) is 0.0355. The molecule has 0 aliphatic heterocycles. The van der Waals surface area contributed by atoms with Crippen molar-refractivity contribution in [2.75, 3.05) is 12.0 Å². The first-order chi connectivity index (χ1) is 14.4. The van der Waals surface area contributed by atoms with Crippen LogP contribution >= 0.6 is 11.8 Å². The highest BCUT2D eigenvalue weighted by molar-refractivity contribution is 7.98. The topological polar surface area (TPSA) is 191 Å². The minimum Gasteiger partial charge on any atom is -0.480 e. The van der Waals surface area contributed by atoms with E-state index in [9.17, 15) is 34.5 Å². The quantitative estimate of drug-likeness (QED) is 0.159. The summed E-state index contributed by atoms with van der Waals surface area (Å²) in [4.78, 5) is 49.1. The van der Waals surface area contributed by atoms with Crippen LogP contribution in [0, 0.1) is 5.92 Å². The number of rotatable bonds is 14. The van der Waals surface area contributed by atoms with E-state index >= 15 is 0 Å². The zero-order valence-corrected chi connectivity index (χ0v) is 19.4. The highest BCUT2D eigenvalue weighted by atomic mass is 32.2. The number of hydrogen-bond donors (Lipinski definition) is 7. The van der Waals surface area contributed by atoms with Crippen LogP contribution in [0.3, 0.4) is 0 Å². The molecule has 0 saturated heterocycles. The first-order valence-electron chi connectivity index (χ1n) is 10.1. The van der Waals surface area contributed by atoms with Crippen molar-refractivity contribution < 1.29 is 34.5 Å². The minimum absolute atomic E-state index is 0.215. The molecule has 7 unspecified atom stereocenters. The van der Waals surface area contributed by atoms with Gasteiger partial charge in [-0.05, 0) is 38.2 Å². The molecular formula is C19H36N4O7S. The molecule has 0 fully saturated rings. The number of aliphatic carboxylic acids is 1. The standard InChI is InChI=1S/C19H36N4O7S/c1-6-9(2)14(17(27)21-12(19(29)30)7-8-31-5)22-18(28)15(11(4)25)23-16(26)13(20)10(3)24/h9-15,24-25H,6-8,20H2,1-5H3,(H,21,27)(H,22,28)(H,23,26)(H,29,30). The molecule has 0 spiro atoms. The largest absolute Gasteiger partial charge is 0.480 e. The van der Waals surface area contributed by atoms with Crippen molar-refractivity contribution >= 4 is 35.5 Å². The molecule has 0 radical (unpaired) electrons. The Hall–Kier alpha value is -1.89. The van der Waals surface area contributed by atoms with Crippen molar-refractivity contribution in [2.24, 2.45) is 11.7 Å². The maximum Gasteiger partial charge on any atom is 0.326 e. The Balaban J connectivity index is 5.46. The number of carbonyl (C=O) groups excluding carboxylic acids is 3. The first-order valence-corrected chi connectivity index (χ1v) is 11.5. The van der Waals surface area contributed by atoms with Gasteiger partial charge in [0.25, 0.3) is 0 Å². The SMILES string of the molecule is CCC(C)C(NC(=O)C(NC(=O)C(N)C(C)O)C(C)O)C(=O)NC(CCSC)C(=O)O. The second-order valence-corrected chi connectivity index (χ2v) is 8.53. The molecule has 7 atom stereocenters. The van der Waals surface area contributed by atoms with Crippen LogP contribution in [0.1, 0.15) is 40.5 Å². The maximum absolute atomic E-state index is 12.8. The highest BCUT2D eigenvalue weighted by Gasteiger charge is 2.34. The smallest absolute Gasteiger partial charge is 0.326 e. The van der Waals surface area contributed by atoms with E-state index in [1.165, 1.54) is 25.6 Å². The highest BCUT2D eigenvalue weighted by Crippen LogP contribution is 2.11. The van der Waals surface area contributed by atoms with Gasteiger partial charge in [-0.15, -0.1) is 0 Å². The summed E-state index contributed by atoms with van der Waals surface area (Å²) in [5.74, 6) is -3.37. The van der Waals surface area contributed by atoms with Gasteiger partial charge in [0.2, 0.25) is 17.7 Å². The zero-order valence-electron chi connectivity index (χ0n) is 18.6. The monoisotopic (exact) mass is 464 g/mol. The lowest BCUT2D eigenvalue weighted by Crippen LogP contribution is -2.61. The van der Waals surface area contributed by atoms with Gasteiger partial charge >= 0.3 is 5.97 Å². The number of aliphatic hydroxyl groups excluding tert-OH is 2. The van der Waals surface area contributed by atoms with E-state index in [1.807, 2.05) is 6.26 Å². The van der Waals surface area contributed by atoms with Gasteiger partial charge in [0.05, 0.1) is 12.2 Å². The predicted molar refractivity (Wildman–Crippen MR) is 117 cm³/mol. The van der Waals surface area contributed by atoms with Gasteiger partial charge < -0.3 is 37.0 Å². The van der Waals surface area contributed by atoms with Crippen molar-refractivity contribution in [2.45, 2.75) is 76.9 Å². The van der Waals surface area contributed by atoms with Gasteiger partial charge in [-0.3, -0.25) is 14.4 Å². The molecular weight excluding hydrogens is 428 g/mol. The second-order valence-electron chi connectivity index (χ2n) is 7.55. The fraction of sp³-hybridized carbons (Fsp3) is 0.789. The molecule has 180 valence electrons. The Morgan fingerprint density at radius 3 is 1.84 bits per heavy atom. The molecule has 31 heavy (non-hydrogen) atoms. The summed E-state index contributed by atoms with van der Waals surface area (Å²) < 4.78 is 0. The van der Waals surface area contributed by atoms with Crippen LogP contribution in [0.5, 0.6) is 0 Å². The lowest BCUT2D eigenvalue weighted by atomic mass is 9.97. The number of hydrogen-bond acceptors (Lipinski definition) is 8. The van der Waals surface area contributed by atoms with Gasteiger partial charge in [-0.25, -0.2) is 4.79 Å². The van der Waals surface area contributed by atoms with Crippen LogP contribution in [0.15, 0.2) is 0 Å². The van der Waals surface area contributed by atoms with E-state index in [-0.39, 0.29) is 12.3 Å². The molecule has 0 aromatic heterocycles. The van der Waals surface area contributed by atoms with Gasteiger partial charge in [-0.2, -0.15) is 11.8 Å². The van der Waals surface area contributed by atoms with E-state index in [2.05, 4.69) is 16.0 Å². The number of thioether (sulfide) groups is 1. The summed E-state index contributed by atoms with van der Waals surface area (Å²) >= 11 is 1.44. The van der Waals surface area contributed by atoms with Crippen LogP contribution in [-0.4, -0.2) is 87.4 Å². The average Bonchev–Trinajstić information content (AvgIpc) is 2.70. The predicted octanol–water partition coefficient (Wildman–Crippen LogP) is -1.59. The Labute approximate surface area is 186 Å². The number of carboxylic acids is 1. The van der Waals surface area contributed by atoms with Crippen molar-refractivity contribution in [3.05, 3.63) is 0 Å². The minimum atomic E-state index is -1.43. The van der Waals surface area contributed by atoms with Crippen molar-refractivity contribution in [1.82, 2.24) is 16.0 Å². The molecule has 3 amide bonds. The molecule has 0 rings (SSSR count). The van der Waals surface area contributed by atoms with Crippen LogP contribution in [0.4, 0.5) is 0 Å². The number of nitrogens with two attached hydrogens (primary N) is 1. The Morgan fingerprint density at radius 1 is 0.903 bits per heavy atom. The molecule has 8 N–H and O–H groups in total. The number of carbonyl (C=O) groups is 4. The van der Waals surface area contributed by atoms with Gasteiger partial charge in [0.1, 0.15) is 24.2 Å². The van der Waals surface area contributed by atoms with Crippen molar-refractivity contribution in [1.29, 1.82) is 0 Å². The fourth-order valence-corrected chi connectivity index (χ4v) is 3.04. The second kappa shape index (κ2) is 14.2. The summed E-state index contributed by atoms with van der Waals surface area (Å²) in [5, 5.41) is 36.0. The molecule has 0 saturated carbocycles. The molecule has 12 heteroatoms. The van der Waals surface area contributed by atoms with Crippen LogP contribution in [0.2, 0.25) is 0 Å². The van der Waals surface area contributed by atoms with Crippen molar-refractivity contribution in [3.8, 4) is 0 Å². The normalized spacial score (nSPS) is 17.9. The first kappa shape index (κ1) is 29.1. The molecule has 0 bridgehead atoms. The Bertz CT molecular complexity index is 618. The van der Waals surface area contributed by atoms with Gasteiger partial charge in [-0.1, -0.05) is 20.3 Å². The third-order valence-electron chi connectivity index (χ3n) is 4.90. The van der Waals surface area contributed by atoms with E-state index < -0.39 is 60.1 Å². The van der Waals surface area contributed by atoms with E-state index in [4.69, 9.17) is 5.73 Å². The van der Waals surface area contributed by atoms with E-state index in [0.717, 1.165) is 0 Å². The van der Waals surface area contributed by atoms with Gasteiger partial charge in [0, 0.05) is 0 Å². The van der Waals surface area contributed by atoms with Crippen LogP contribution in [-0.2, 0) is 19.2 Å². The maximum atomic E-state index is 12.8. The molecule has 0 aromatic rings. The summed E-state index contributed by atoms with van der Waals surface area (Å²) in [5.41, 5.74) is 5.55. The number of aliphatic hydroxyl groups is 2. The lowest BCUT2D eigenvalue weighted by Gasteiger charge is -2.29. The number of carboxylic acid groups (broad SMARTS) is 1. The van der Waals surface area contributed by atoms with Crippen LogP contribution < -0.4 is 21.7 Å². The average molecular weight is 465 g/mol. The fourth-order valence-electron chi connectivity index (χ4n) is 2.57.